The highest BCUT2D eigenvalue weighted by Crippen LogP contribution is 2.14. The lowest BCUT2D eigenvalue weighted by Gasteiger charge is -2.00. The van der Waals surface area contributed by atoms with E-state index in [1.807, 2.05) is 24.3 Å². The molecule has 0 aliphatic carbocycles. The van der Waals surface area contributed by atoms with Gasteiger partial charge in [-0.05, 0) is 30.3 Å². The largest absolute Gasteiger partial charge is 0.319 e. The molecule has 0 saturated heterocycles. The van der Waals surface area contributed by atoms with Gasteiger partial charge in [0.1, 0.15) is 5.69 Å². The Labute approximate surface area is 125 Å². The van der Waals surface area contributed by atoms with Gasteiger partial charge in [0.25, 0.3) is 5.56 Å². The Morgan fingerprint density at radius 2 is 2.05 bits per heavy atom. The molecule has 3 rings (SSSR count). The van der Waals surface area contributed by atoms with Crippen LogP contribution in [0.1, 0.15) is 5.69 Å². The van der Waals surface area contributed by atoms with Crippen molar-refractivity contribution in [3.63, 3.8) is 0 Å². The van der Waals surface area contributed by atoms with Gasteiger partial charge in [-0.25, -0.2) is 4.98 Å². The van der Waals surface area contributed by atoms with E-state index in [0.717, 1.165) is 5.69 Å². The van der Waals surface area contributed by atoms with E-state index in [2.05, 4.69) is 20.5 Å². The number of nitrogens with zero attached hydrogens (tertiary/aromatic N) is 2. The number of rotatable bonds is 3. The van der Waals surface area contributed by atoms with Gasteiger partial charge in [-0.3, -0.25) is 10.2 Å². The number of aromatic nitrogens is 2. The van der Waals surface area contributed by atoms with Crippen molar-refractivity contribution in [1.82, 2.24) is 9.97 Å². The lowest BCUT2D eigenvalue weighted by atomic mass is 10.3. The maximum Gasteiger partial charge on any atom is 0.276 e. The third kappa shape index (κ3) is 3.09. The van der Waals surface area contributed by atoms with Crippen LogP contribution >= 0.6 is 11.6 Å². The molecular weight excluding hydrogens is 288 g/mol. The Balaban J connectivity index is 1.86. The molecular formula is C15H11ClN4O. The van der Waals surface area contributed by atoms with E-state index in [4.69, 9.17) is 11.6 Å². The maximum absolute atomic E-state index is 11.9. The first-order chi connectivity index (χ1) is 10.2. The molecule has 0 bridgehead atoms. The predicted molar refractivity (Wildman–Crippen MR) is 85.0 cm³/mol. The number of hydrogen-bond acceptors (Lipinski definition) is 4. The number of anilines is 1. The van der Waals surface area contributed by atoms with Gasteiger partial charge in [0.2, 0.25) is 0 Å². The second-order valence-corrected chi connectivity index (χ2v) is 4.79. The van der Waals surface area contributed by atoms with Crippen LogP contribution in [0.5, 0.6) is 0 Å². The van der Waals surface area contributed by atoms with Crippen LogP contribution in [0.25, 0.3) is 11.0 Å². The molecule has 0 fully saturated rings. The number of hydrazone groups is 1. The van der Waals surface area contributed by atoms with E-state index >= 15 is 0 Å². The summed E-state index contributed by atoms with van der Waals surface area (Å²) < 4.78 is 0. The summed E-state index contributed by atoms with van der Waals surface area (Å²) in [5, 5.41) is 4.61. The minimum absolute atomic E-state index is 0.239. The predicted octanol–water partition coefficient (Wildman–Crippen LogP) is 3.02. The number of nitrogens with one attached hydrogen (secondary N) is 2. The smallest absolute Gasteiger partial charge is 0.276 e. The molecule has 104 valence electrons. The standard InChI is InChI=1S/C15H11ClN4O/c16-10-4-3-5-11(8-10)20-17-9-14-15(21)19-13-7-2-1-6-12(13)18-14/h1-9,20H,(H,19,21)/b17-9+. The fourth-order valence-corrected chi connectivity index (χ4v) is 2.05. The molecule has 0 aliphatic heterocycles. The van der Waals surface area contributed by atoms with Crippen LogP contribution in [-0.4, -0.2) is 16.2 Å². The molecule has 0 saturated carbocycles. The molecule has 0 radical (unpaired) electrons. The fourth-order valence-electron chi connectivity index (χ4n) is 1.86. The number of benzene rings is 2. The summed E-state index contributed by atoms with van der Waals surface area (Å²) in [6, 6.07) is 14.5. The first-order valence-electron chi connectivity index (χ1n) is 6.26. The van der Waals surface area contributed by atoms with Crippen molar-refractivity contribution in [2.75, 3.05) is 5.43 Å². The van der Waals surface area contributed by atoms with E-state index in [-0.39, 0.29) is 11.3 Å². The molecule has 1 heterocycles. The number of fused-ring (bicyclic) bond motifs is 1. The van der Waals surface area contributed by atoms with Crippen molar-refractivity contribution in [3.8, 4) is 0 Å². The molecule has 21 heavy (non-hydrogen) atoms. The van der Waals surface area contributed by atoms with Gasteiger partial charge in [0.05, 0.1) is 22.9 Å². The van der Waals surface area contributed by atoms with Gasteiger partial charge in [0, 0.05) is 5.02 Å². The van der Waals surface area contributed by atoms with Crippen molar-refractivity contribution in [2.24, 2.45) is 5.10 Å². The lowest BCUT2D eigenvalue weighted by Crippen LogP contribution is -2.15. The van der Waals surface area contributed by atoms with Crippen LogP contribution in [0.15, 0.2) is 58.4 Å². The summed E-state index contributed by atoms with van der Waals surface area (Å²) in [7, 11) is 0. The second-order valence-electron chi connectivity index (χ2n) is 4.35. The van der Waals surface area contributed by atoms with E-state index in [1.165, 1.54) is 6.21 Å². The number of halogens is 1. The summed E-state index contributed by atoms with van der Waals surface area (Å²) in [4.78, 5) is 18.9. The van der Waals surface area contributed by atoms with Crippen molar-refractivity contribution in [3.05, 3.63) is 69.6 Å². The molecule has 2 aromatic carbocycles. The second kappa shape index (κ2) is 5.76. The highest BCUT2D eigenvalue weighted by molar-refractivity contribution is 6.30. The highest BCUT2D eigenvalue weighted by Gasteiger charge is 2.01. The number of aromatic amines is 1. The Bertz CT molecular complexity index is 873. The monoisotopic (exact) mass is 298 g/mol. The maximum atomic E-state index is 11.9. The number of H-pyrrole nitrogens is 1. The van der Waals surface area contributed by atoms with Crippen LogP contribution in [-0.2, 0) is 0 Å². The zero-order valence-electron chi connectivity index (χ0n) is 10.9. The summed E-state index contributed by atoms with van der Waals surface area (Å²) in [5.41, 5.74) is 4.89. The fraction of sp³-hybridized carbons (Fsp3) is 0. The van der Waals surface area contributed by atoms with E-state index in [9.17, 15) is 4.79 Å². The first kappa shape index (κ1) is 13.3. The van der Waals surface area contributed by atoms with Crippen molar-refractivity contribution < 1.29 is 0 Å². The Kier molecular flexibility index (Phi) is 3.66. The van der Waals surface area contributed by atoms with Crippen LogP contribution in [0.3, 0.4) is 0 Å². The average Bonchev–Trinajstić information content (AvgIpc) is 2.48. The van der Waals surface area contributed by atoms with Gasteiger partial charge >= 0.3 is 0 Å². The Hall–Kier alpha value is -2.66. The highest BCUT2D eigenvalue weighted by atomic mass is 35.5. The molecule has 1 aromatic heterocycles. The third-order valence-corrected chi connectivity index (χ3v) is 3.07. The zero-order chi connectivity index (χ0) is 14.7. The first-order valence-corrected chi connectivity index (χ1v) is 6.64. The van der Waals surface area contributed by atoms with Gasteiger partial charge in [-0.15, -0.1) is 0 Å². The van der Waals surface area contributed by atoms with E-state index < -0.39 is 0 Å². The molecule has 5 nitrogen and oxygen atoms in total. The lowest BCUT2D eigenvalue weighted by molar-refractivity contribution is 1.19. The average molecular weight is 299 g/mol. The topological polar surface area (TPSA) is 70.1 Å². The van der Waals surface area contributed by atoms with Crippen molar-refractivity contribution in [1.29, 1.82) is 0 Å². The normalized spacial score (nSPS) is 11.1. The van der Waals surface area contributed by atoms with E-state index in [0.29, 0.717) is 16.1 Å². The summed E-state index contributed by atoms with van der Waals surface area (Å²) in [6.45, 7) is 0. The zero-order valence-corrected chi connectivity index (χ0v) is 11.6. The minimum atomic E-state index is -0.287. The van der Waals surface area contributed by atoms with Crippen LogP contribution in [0, 0.1) is 0 Å². The summed E-state index contributed by atoms with van der Waals surface area (Å²) >= 11 is 5.87. The van der Waals surface area contributed by atoms with Gasteiger partial charge in [-0.2, -0.15) is 5.10 Å². The Morgan fingerprint density at radius 3 is 2.90 bits per heavy atom. The summed E-state index contributed by atoms with van der Waals surface area (Å²) in [5.74, 6) is 0. The van der Waals surface area contributed by atoms with Crippen LogP contribution < -0.4 is 11.0 Å². The van der Waals surface area contributed by atoms with Gasteiger partial charge in [0.15, 0.2) is 0 Å². The molecule has 0 amide bonds. The SMILES string of the molecule is O=c1[nH]c2ccccc2nc1/C=N/Nc1cccc(Cl)c1. The van der Waals surface area contributed by atoms with Crippen LogP contribution in [0.4, 0.5) is 5.69 Å². The van der Waals surface area contributed by atoms with Gasteiger partial charge < -0.3 is 4.98 Å². The molecule has 3 aromatic rings. The van der Waals surface area contributed by atoms with Crippen molar-refractivity contribution >= 4 is 34.5 Å². The van der Waals surface area contributed by atoms with Crippen molar-refractivity contribution in [2.45, 2.75) is 0 Å². The number of hydrogen-bond donors (Lipinski definition) is 2. The molecule has 0 unspecified atom stereocenters. The summed E-state index contributed by atoms with van der Waals surface area (Å²) in [6.07, 6.45) is 1.38. The molecule has 6 heteroatoms. The molecule has 0 spiro atoms. The molecule has 0 atom stereocenters. The number of para-hydroxylation sites is 2. The van der Waals surface area contributed by atoms with E-state index in [1.54, 1.807) is 24.3 Å². The molecule has 2 N–H and O–H groups in total. The third-order valence-electron chi connectivity index (χ3n) is 2.83. The molecule has 0 aliphatic rings. The quantitative estimate of drug-likeness (QED) is 0.577. The minimum Gasteiger partial charge on any atom is -0.319 e. The Morgan fingerprint density at radius 1 is 1.19 bits per heavy atom. The van der Waals surface area contributed by atoms with Gasteiger partial charge in [-0.1, -0.05) is 29.8 Å². The van der Waals surface area contributed by atoms with Crippen LogP contribution in [0.2, 0.25) is 5.02 Å².